The van der Waals surface area contributed by atoms with Gasteiger partial charge in [0.15, 0.2) is 10.6 Å². The smallest absolute Gasteiger partial charge is 0.262 e. The fourth-order valence-corrected chi connectivity index (χ4v) is 3.34. The van der Waals surface area contributed by atoms with E-state index in [1.54, 1.807) is 43.6 Å². The van der Waals surface area contributed by atoms with Crippen molar-refractivity contribution >= 4 is 29.0 Å². The van der Waals surface area contributed by atoms with Crippen molar-refractivity contribution in [2.24, 2.45) is 0 Å². The van der Waals surface area contributed by atoms with Crippen LogP contribution in [0.25, 0.3) is 10.9 Å². The van der Waals surface area contributed by atoms with Crippen molar-refractivity contribution in [1.29, 1.82) is 0 Å². The molecule has 3 aromatic heterocycles. The molecule has 4 aromatic rings. The molecule has 0 saturated carbocycles. The molecule has 0 radical (unpaired) electrons. The highest BCUT2D eigenvalue weighted by atomic mass is 32.1. The van der Waals surface area contributed by atoms with E-state index in [0.717, 1.165) is 0 Å². The van der Waals surface area contributed by atoms with Gasteiger partial charge >= 0.3 is 0 Å². The Morgan fingerprint density at radius 3 is 2.87 bits per heavy atom. The summed E-state index contributed by atoms with van der Waals surface area (Å²) in [4.78, 5) is 34.4. The third-order valence-corrected chi connectivity index (χ3v) is 4.99. The van der Waals surface area contributed by atoms with Gasteiger partial charge in [-0.05, 0) is 42.5 Å². The minimum atomic E-state index is -0.254. The van der Waals surface area contributed by atoms with Crippen LogP contribution in [-0.2, 0) is 19.5 Å². The highest BCUT2D eigenvalue weighted by molar-refractivity contribution is 7.71. The van der Waals surface area contributed by atoms with Gasteiger partial charge in [0.2, 0.25) is 5.89 Å². The van der Waals surface area contributed by atoms with Gasteiger partial charge in [-0.25, -0.2) is 0 Å². The molecule has 9 nitrogen and oxygen atoms in total. The van der Waals surface area contributed by atoms with Crippen LogP contribution in [-0.4, -0.2) is 37.5 Å². The number of nitrogens with one attached hydrogen (secondary N) is 1. The fraction of sp³-hybridized carbons (Fsp3) is 0.250. The van der Waals surface area contributed by atoms with Crippen LogP contribution in [0.15, 0.2) is 50.3 Å². The molecule has 0 atom stereocenters. The summed E-state index contributed by atoms with van der Waals surface area (Å²) in [5.74, 6) is 1.34. The maximum Gasteiger partial charge on any atom is 0.262 e. The molecule has 3 heterocycles. The van der Waals surface area contributed by atoms with Crippen molar-refractivity contribution in [1.82, 2.24) is 24.6 Å². The lowest BCUT2D eigenvalue weighted by Crippen LogP contribution is -2.27. The van der Waals surface area contributed by atoms with Gasteiger partial charge in [0.25, 0.3) is 11.5 Å². The average molecular weight is 425 g/mol. The second-order valence-corrected chi connectivity index (χ2v) is 7.17. The summed E-state index contributed by atoms with van der Waals surface area (Å²) in [6.07, 6.45) is 2.20. The predicted octanol–water partition coefficient (Wildman–Crippen LogP) is 2.92. The summed E-state index contributed by atoms with van der Waals surface area (Å²) in [7, 11) is 1.64. The zero-order valence-electron chi connectivity index (χ0n) is 16.4. The largest absolute Gasteiger partial charge is 0.467 e. The van der Waals surface area contributed by atoms with Crippen molar-refractivity contribution < 1.29 is 13.7 Å². The molecule has 0 aliphatic heterocycles. The number of rotatable bonds is 6. The number of amides is 1. The third kappa shape index (κ3) is 3.81. The van der Waals surface area contributed by atoms with Crippen LogP contribution in [0.1, 0.15) is 34.8 Å². The van der Waals surface area contributed by atoms with Crippen LogP contribution in [0.2, 0.25) is 0 Å². The molecule has 0 spiro atoms. The first kappa shape index (κ1) is 19.8. The van der Waals surface area contributed by atoms with Gasteiger partial charge in [-0.2, -0.15) is 4.98 Å². The normalized spacial score (nSPS) is 11.1. The lowest BCUT2D eigenvalue weighted by Gasteiger charge is -2.15. The Kier molecular flexibility index (Phi) is 5.32. The molecule has 1 amide bonds. The van der Waals surface area contributed by atoms with Crippen LogP contribution >= 0.6 is 12.2 Å². The van der Waals surface area contributed by atoms with Crippen LogP contribution < -0.4 is 5.56 Å². The topological polar surface area (TPSA) is 110 Å². The lowest BCUT2D eigenvalue weighted by atomic mass is 10.1. The first-order valence-corrected chi connectivity index (χ1v) is 9.73. The quantitative estimate of drug-likeness (QED) is 0.473. The van der Waals surface area contributed by atoms with Gasteiger partial charge in [-0.1, -0.05) is 12.1 Å². The van der Waals surface area contributed by atoms with Crippen LogP contribution in [0.5, 0.6) is 0 Å². The summed E-state index contributed by atoms with van der Waals surface area (Å²) in [5, 5.41) is 4.26. The molecule has 4 rings (SSSR count). The molecule has 0 aliphatic rings. The maximum absolute atomic E-state index is 12.9. The Labute approximate surface area is 175 Å². The van der Waals surface area contributed by atoms with Gasteiger partial charge in [0.1, 0.15) is 5.76 Å². The standard InChI is InChI=1S/C20H19N5O4S/c1-3-16-22-17(29-23-16)11-24(2)18(26)12-6-7-14-15(9-12)21-20(30)25(19(14)27)10-13-5-4-8-28-13/h4-9H,3,10-11H2,1-2H3,(H,21,30). The molecule has 0 unspecified atom stereocenters. The van der Waals surface area contributed by atoms with E-state index in [4.69, 9.17) is 21.2 Å². The molecule has 30 heavy (non-hydrogen) atoms. The number of carbonyl (C=O) groups excluding carboxylic acids is 1. The number of benzene rings is 1. The summed E-state index contributed by atoms with van der Waals surface area (Å²) in [5.41, 5.74) is 0.649. The SMILES string of the molecule is CCc1noc(CN(C)C(=O)c2ccc3c(=O)n(Cc4ccco4)c(=S)[nH]c3c2)n1. The first-order chi connectivity index (χ1) is 14.5. The van der Waals surface area contributed by atoms with E-state index < -0.39 is 0 Å². The van der Waals surface area contributed by atoms with E-state index in [1.807, 2.05) is 6.92 Å². The number of hydrogen-bond donors (Lipinski definition) is 1. The number of carbonyl (C=O) groups is 1. The van der Waals surface area contributed by atoms with E-state index in [0.29, 0.717) is 40.4 Å². The minimum absolute atomic E-state index is 0.185. The molecular formula is C20H19N5O4S. The minimum Gasteiger partial charge on any atom is -0.467 e. The van der Waals surface area contributed by atoms with Gasteiger partial charge in [0, 0.05) is 19.0 Å². The second-order valence-electron chi connectivity index (χ2n) is 6.78. The predicted molar refractivity (Wildman–Crippen MR) is 111 cm³/mol. The molecule has 1 aromatic carbocycles. The van der Waals surface area contributed by atoms with Crippen LogP contribution in [0.3, 0.4) is 0 Å². The van der Waals surface area contributed by atoms with Crippen LogP contribution in [0, 0.1) is 4.77 Å². The van der Waals surface area contributed by atoms with E-state index in [2.05, 4.69) is 15.1 Å². The fourth-order valence-electron chi connectivity index (χ4n) is 3.08. The zero-order chi connectivity index (χ0) is 21.3. The van der Waals surface area contributed by atoms with E-state index in [1.165, 1.54) is 9.47 Å². The van der Waals surface area contributed by atoms with Crippen molar-refractivity contribution in [3.05, 3.63) is 74.8 Å². The molecule has 0 saturated heterocycles. The summed E-state index contributed by atoms with van der Waals surface area (Å²) in [6.45, 7) is 2.33. The summed E-state index contributed by atoms with van der Waals surface area (Å²) >= 11 is 5.34. The number of furan rings is 1. The lowest BCUT2D eigenvalue weighted by molar-refractivity contribution is 0.0769. The van der Waals surface area contributed by atoms with Gasteiger partial charge in [-0.15, -0.1) is 0 Å². The third-order valence-electron chi connectivity index (χ3n) is 4.67. The van der Waals surface area contributed by atoms with Crippen molar-refractivity contribution in [3.8, 4) is 0 Å². The number of nitrogens with zero attached hydrogens (tertiary/aromatic N) is 4. The molecule has 154 valence electrons. The summed E-state index contributed by atoms with van der Waals surface area (Å²) in [6, 6.07) is 8.37. The average Bonchev–Trinajstić information content (AvgIpc) is 3.42. The molecule has 0 aliphatic carbocycles. The molecule has 0 fully saturated rings. The monoisotopic (exact) mass is 425 g/mol. The van der Waals surface area contributed by atoms with Crippen molar-refractivity contribution in [3.63, 3.8) is 0 Å². The van der Waals surface area contributed by atoms with Gasteiger partial charge in [-0.3, -0.25) is 14.2 Å². The molecule has 10 heteroatoms. The number of fused-ring (bicyclic) bond motifs is 1. The molecular weight excluding hydrogens is 406 g/mol. The van der Waals surface area contributed by atoms with Crippen molar-refractivity contribution in [2.45, 2.75) is 26.4 Å². The highest BCUT2D eigenvalue weighted by Crippen LogP contribution is 2.14. The molecule has 0 bridgehead atoms. The Hall–Kier alpha value is -3.53. The Morgan fingerprint density at radius 2 is 2.17 bits per heavy atom. The number of aromatic nitrogens is 4. The van der Waals surface area contributed by atoms with Gasteiger partial charge in [0.05, 0.1) is 30.3 Å². The van der Waals surface area contributed by atoms with Crippen molar-refractivity contribution in [2.75, 3.05) is 7.05 Å². The maximum atomic E-state index is 12.9. The molecule has 1 N–H and O–H groups in total. The highest BCUT2D eigenvalue weighted by Gasteiger charge is 2.17. The van der Waals surface area contributed by atoms with Crippen LogP contribution in [0.4, 0.5) is 0 Å². The number of H-pyrrole nitrogens is 1. The van der Waals surface area contributed by atoms with Gasteiger partial charge < -0.3 is 18.8 Å². The summed E-state index contributed by atoms with van der Waals surface area (Å²) < 4.78 is 12.1. The Morgan fingerprint density at radius 1 is 1.33 bits per heavy atom. The van der Waals surface area contributed by atoms with E-state index in [9.17, 15) is 9.59 Å². The van der Waals surface area contributed by atoms with E-state index >= 15 is 0 Å². The Bertz CT molecular complexity index is 1320. The Balaban J connectivity index is 1.62. The second kappa shape index (κ2) is 8.07. The zero-order valence-corrected chi connectivity index (χ0v) is 17.2. The number of hydrogen-bond acceptors (Lipinski definition) is 7. The number of aryl methyl sites for hydroxylation is 1. The van der Waals surface area contributed by atoms with E-state index in [-0.39, 0.29) is 29.3 Å². The first-order valence-electron chi connectivity index (χ1n) is 9.32. The number of aromatic amines is 1.